The topological polar surface area (TPSA) is 63.3 Å². The first-order valence-corrected chi connectivity index (χ1v) is 5.76. The number of nitrogens with two attached hydrogens (primary N) is 1. The molecule has 3 atom stereocenters. The number of halogens is 1. The number of hydrogen-bond donors (Lipinski definition) is 2. The molecule has 0 aromatic rings. The minimum Gasteiger partial charge on any atom is -0.481 e. The number of carboxylic acids is 1. The molecule has 0 amide bonds. The second kappa shape index (κ2) is 4.29. The largest absolute Gasteiger partial charge is 0.481 e. The van der Waals surface area contributed by atoms with E-state index in [2.05, 4.69) is 0 Å². The number of aliphatic carboxylic acids is 1. The average Bonchev–Trinajstić information content (AvgIpc) is 2.43. The van der Waals surface area contributed by atoms with Gasteiger partial charge >= 0.3 is 5.97 Å². The van der Waals surface area contributed by atoms with Crippen LogP contribution < -0.4 is 5.73 Å². The zero-order chi connectivity index (χ0) is 9.47. The predicted molar refractivity (Wildman–Crippen MR) is 60.0 cm³/mol. The Balaban J connectivity index is 0.000000980. The lowest BCUT2D eigenvalue weighted by molar-refractivity contribution is -0.142. The van der Waals surface area contributed by atoms with Crippen molar-refractivity contribution in [2.75, 3.05) is 12.3 Å². The molecule has 2 aliphatic rings. The molecule has 0 unspecified atom stereocenters. The van der Waals surface area contributed by atoms with Gasteiger partial charge in [0.25, 0.3) is 0 Å². The summed E-state index contributed by atoms with van der Waals surface area (Å²) >= 11 is 1.99. The Bertz CT molecular complexity index is 239. The van der Waals surface area contributed by atoms with Crippen LogP contribution in [0.2, 0.25) is 0 Å². The maximum atomic E-state index is 10.7. The fraction of sp³-hybridized carbons (Fsp3) is 0.889. The Morgan fingerprint density at radius 1 is 1.64 bits per heavy atom. The molecule has 1 heterocycles. The Hall–Kier alpha value is 0.0700. The zero-order valence-electron chi connectivity index (χ0n) is 7.94. The van der Waals surface area contributed by atoms with Gasteiger partial charge in [-0.25, -0.2) is 0 Å². The summed E-state index contributed by atoms with van der Waals surface area (Å²) in [5.41, 5.74) is 5.64. The first-order chi connectivity index (χ1) is 6.18. The summed E-state index contributed by atoms with van der Waals surface area (Å²) in [6.07, 6.45) is 2.45. The van der Waals surface area contributed by atoms with E-state index in [0.29, 0.717) is 17.7 Å². The quantitative estimate of drug-likeness (QED) is 0.778. The van der Waals surface area contributed by atoms with Crippen LogP contribution in [-0.2, 0) is 4.79 Å². The monoisotopic (exact) mass is 237 g/mol. The number of rotatable bonds is 3. The van der Waals surface area contributed by atoms with Gasteiger partial charge in [0.15, 0.2) is 0 Å². The maximum absolute atomic E-state index is 10.7. The van der Waals surface area contributed by atoms with Crippen molar-refractivity contribution in [3.05, 3.63) is 0 Å². The molecule has 0 radical (unpaired) electrons. The van der Waals surface area contributed by atoms with Crippen LogP contribution >= 0.6 is 24.2 Å². The molecule has 1 saturated heterocycles. The number of thioether (sulfide) groups is 1. The van der Waals surface area contributed by atoms with Crippen molar-refractivity contribution in [1.82, 2.24) is 0 Å². The van der Waals surface area contributed by atoms with E-state index in [4.69, 9.17) is 10.8 Å². The first-order valence-electron chi connectivity index (χ1n) is 4.71. The fourth-order valence-corrected chi connectivity index (χ4v) is 4.55. The van der Waals surface area contributed by atoms with Crippen LogP contribution in [0.15, 0.2) is 0 Å². The summed E-state index contributed by atoms with van der Waals surface area (Å²) in [7, 11) is 0. The zero-order valence-corrected chi connectivity index (χ0v) is 9.57. The van der Waals surface area contributed by atoms with Crippen molar-refractivity contribution in [2.45, 2.75) is 24.5 Å². The van der Waals surface area contributed by atoms with Gasteiger partial charge in [-0.3, -0.25) is 4.79 Å². The molecule has 82 valence electrons. The van der Waals surface area contributed by atoms with Crippen molar-refractivity contribution in [1.29, 1.82) is 0 Å². The second-order valence-electron chi connectivity index (χ2n) is 4.15. The van der Waals surface area contributed by atoms with Gasteiger partial charge in [0.05, 0.1) is 6.42 Å². The molecule has 0 aromatic heterocycles. The van der Waals surface area contributed by atoms with Crippen LogP contribution in [0, 0.1) is 11.3 Å². The van der Waals surface area contributed by atoms with Gasteiger partial charge < -0.3 is 10.8 Å². The van der Waals surface area contributed by atoms with Gasteiger partial charge in [-0.15, -0.1) is 12.4 Å². The summed E-state index contributed by atoms with van der Waals surface area (Å²) in [5, 5.41) is 9.51. The van der Waals surface area contributed by atoms with Crippen LogP contribution in [0.4, 0.5) is 0 Å². The molecule has 3 N–H and O–H groups in total. The number of fused-ring (bicyclic) bond motifs is 1. The predicted octanol–water partition coefficient (Wildman–Crippen LogP) is 1.35. The highest BCUT2D eigenvalue weighted by Crippen LogP contribution is 2.59. The molecule has 0 spiro atoms. The lowest BCUT2D eigenvalue weighted by Gasteiger charge is -2.51. The van der Waals surface area contributed by atoms with Gasteiger partial charge in [-0.05, 0) is 36.5 Å². The van der Waals surface area contributed by atoms with E-state index >= 15 is 0 Å². The highest BCUT2D eigenvalue weighted by molar-refractivity contribution is 8.00. The maximum Gasteiger partial charge on any atom is 0.303 e. The van der Waals surface area contributed by atoms with Gasteiger partial charge in [0, 0.05) is 5.25 Å². The summed E-state index contributed by atoms with van der Waals surface area (Å²) in [6.45, 7) is 0.543. The number of carboxylic acid groups (broad SMARTS) is 1. The molecule has 1 aliphatic carbocycles. The Kier molecular flexibility index (Phi) is 3.72. The van der Waals surface area contributed by atoms with E-state index in [0.717, 1.165) is 6.42 Å². The highest BCUT2D eigenvalue weighted by Gasteiger charge is 2.55. The average molecular weight is 238 g/mol. The molecule has 1 saturated carbocycles. The summed E-state index contributed by atoms with van der Waals surface area (Å²) in [4.78, 5) is 10.7. The molecule has 2 rings (SSSR count). The third-order valence-electron chi connectivity index (χ3n) is 3.51. The molecule has 0 aromatic carbocycles. The van der Waals surface area contributed by atoms with Gasteiger partial charge in [-0.2, -0.15) is 11.8 Å². The third-order valence-corrected chi connectivity index (χ3v) is 4.91. The van der Waals surface area contributed by atoms with E-state index in [1.165, 1.54) is 12.2 Å². The van der Waals surface area contributed by atoms with Crippen LogP contribution in [0.25, 0.3) is 0 Å². The van der Waals surface area contributed by atoms with Gasteiger partial charge in [0.2, 0.25) is 0 Å². The number of carbonyl (C=O) groups is 1. The van der Waals surface area contributed by atoms with E-state index in [1.54, 1.807) is 0 Å². The number of hydrogen-bond acceptors (Lipinski definition) is 3. The van der Waals surface area contributed by atoms with Crippen molar-refractivity contribution in [3.63, 3.8) is 0 Å². The van der Waals surface area contributed by atoms with E-state index in [-0.39, 0.29) is 24.2 Å². The molecule has 5 heteroatoms. The molecule has 1 aliphatic heterocycles. The summed E-state index contributed by atoms with van der Waals surface area (Å²) < 4.78 is 0. The van der Waals surface area contributed by atoms with Crippen LogP contribution in [-0.4, -0.2) is 28.6 Å². The minimum atomic E-state index is -0.694. The summed E-state index contributed by atoms with van der Waals surface area (Å²) in [6, 6.07) is 0. The Morgan fingerprint density at radius 2 is 2.36 bits per heavy atom. The van der Waals surface area contributed by atoms with Crippen molar-refractivity contribution < 1.29 is 9.90 Å². The molecular formula is C9H16ClNO2S. The summed E-state index contributed by atoms with van der Waals surface area (Å²) in [5.74, 6) is 1.08. The molecule has 14 heavy (non-hydrogen) atoms. The van der Waals surface area contributed by atoms with E-state index in [9.17, 15) is 4.79 Å². The lowest BCUT2D eigenvalue weighted by Crippen LogP contribution is -2.53. The first kappa shape index (κ1) is 12.1. The Morgan fingerprint density at radius 3 is 2.86 bits per heavy atom. The molecule has 3 nitrogen and oxygen atoms in total. The smallest absolute Gasteiger partial charge is 0.303 e. The van der Waals surface area contributed by atoms with Crippen LogP contribution in [0.5, 0.6) is 0 Å². The van der Waals surface area contributed by atoms with Crippen molar-refractivity contribution in [3.8, 4) is 0 Å². The second-order valence-corrected chi connectivity index (χ2v) is 5.49. The molecule has 0 bridgehead atoms. The van der Waals surface area contributed by atoms with Crippen LogP contribution in [0.3, 0.4) is 0 Å². The molecular weight excluding hydrogens is 222 g/mol. The normalized spacial score (nSPS) is 39.5. The van der Waals surface area contributed by atoms with Gasteiger partial charge in [0.1, 0.15) is 0 Å². The highest BCUT2D eigenvalue weighted by atomic mass is 35.5. The fourth-order valence-electron chi connectivity index (χ4n) is 2.75. The SMILES string of the molecule is Cl.NC[C@]1(CC(=O)O)C[C@H]2SCC[C@H]21. The standard InChI is InChI=1S/C9H15NO2S.ClH/c10-5-9(4-8(11)12)3-7-6(9)1-2-13-7;/h6-7H,1-5,10H2,(H,11,12);1H/t6-,7-,9-;/m1./s1. The van der Waals surface area contributed by atoms with Crippen molar-refractivity contribution in [2.24, 2.45) is 17.1 Å². The van der Waals surface area contributed by atoms with Crippen LogP contribution in [0.1, 0.15) is 19.3 Å². The third kappa shape index (κ3) is 1.75. The van der Waals surface area contributed by atoms with Gasteiger partial charge in [-0.1, -0.05) is 0 Å². The molecule has 2 fully saturated rings. The van der Waals surface area contributed by atoms with Crippen molar-refractivity contribution >= 4 is 30.1 Å². The van der Waals surface area contributed by atoms with E-state index < -0.39 is 5.97 Å². The minimum absolute atomic E-state index is 0. The Labute approximate surface area is 94.2 Å². The van der Waals surface area contributed by atoms with E-state index in [1.807, 2.05) is 11.8 Å². The lowest BCUT2D eigenvalue weighted by atomic mass is 9.57.